The molecule has 0 bridgehead atoms. The molecule has 0 aliphatic carbocycles. The second kappa shape index (κ2) is 8.97. The summed E-state index contributed by atoms with van der Waals surface area (Å²) in [5.74, 6) is -2.65. The number of likely N-dealkylation sites (tertiary alicyclic amines) is 1. The third-order valence-corrected chi connectivity index (χ3v) is 8.83. The topological polar surface area (TPSA) is 48.1 Å². The summed E-state index contributed by atoms with van der Waals surface area (Å²) in [5.41, 5.74) is 2.07. The summed E-state index contributed by atoms with van der Waals surface area (Å²) in [6, 6.07) is 6.32. The Morgan fingerprint density at radius 1 is 1.19 bits per heavy atom. The summed E-state index contributed by atoms with van der Waals surface area (Å²) >= 11 is 7.32. The standard InChI is InChI=1S/C26H25ClF3N5OS/c1-16-18(14-35(32-16)23-20(28)4-3-5-21(23)34-11-8-31-17(34)2)13-33-9-6-25(7-10-33)24-19(12-22(27)37-24)26(29,30)15-36-25/h3-5,8,11-12,14H,6-7,9-10,13,15H2,1-2H3. The predicted octanol–water partition coefficient (Wildman–Crippen LogP) is 6.14. The maximum Gasteiger partial charge on any atom is 0.297 e. The predicted molar refractivity (Wildman–Crippen MR) is 135 cm³/mol. The van der Waals surface area contributed by atoms with E-state index in [1.807, 2.05) is 30.7 Å². The highest BCUT2D eigenvalue weighted by Gasteiger charge is 2.51. The molecule has 2 aliphatic heterocycles. The van der Waals surface area contributed by atoms with Crippen LogP contribution in [0.3, 0.4) is 0 Å². The Labute approximate surface area is 221 Å². The smallest absolute Gasteiger partial charge is 0.297 e. The summed E-state index contributed by atoms with van der Waals surface area (Å²) in [6.07, 6.45) is 6.53. The second-order valence-corrected chi connectivity index (χ2v) is 11.4. The number of ether oxygens (including phenoxy) is 1. The first-order chi connectivity index (χ1) is 17.7. The van der Waals surface area contributed by atoms with E-state index in [9.17, 15) is 8.78 Å². The third-order valence-electron chi connectivity index (χ3n) is 7.38. The monoisotopic (exact) mass is 547 g/mol. The number of benzene rings is 1. The van der Waals surface area contributed by atoms with Crippen LogP contribution >= 0.6 is 22.9 Å². The van der Waals surface area contributed by atoms with E-state index in [4.69, 9.17) is 16.3 Å². The number of para-hydroxylation sites is 1. The number of hydrogen-bond acceptors (Lipinski definition) is 5. The molecule has 11 heteroatoms. The minimum absolute atomic E-state index is 0.00754. The van der Waals surface area contributed by atoms with Crippen molar-refractivity contribution in [1.29, 1.82) is 0 Å². The van der Waals surface area contributed by atoms with Crippen LogP contribution in [0.1, 0.15) is 40.4 Å². The molecule has 1 aromatic carbocycles. The van der Waals surface area contributed by atoms with E-state index in [2.05, 4.69) is 15.0 Å². The number of alkyl halides is 2. The van der Waals surface area contributed by atoms with Gasteiger partial charge in [-0.3, -0.25) is 4.90 Å². The van der Waals surface area contributed by atoms with Crippen molar-refractivity contribution >= 4 is 22.9 Å². The number of thiophene rings is 1. The average Bonchev–Trinajstić information content (AvgIpc) is 3.57. The summed E-state index contributed by atoms with van der Waals surface area (Å²) in [5, 5.41) is 4.63. The molecule has 1 fully saturated rings. The van der Waals surface area contributed by atoms with Gasteiger partial charge >= 0.3 is 0 Å². The van der Waals surface area contributed by atoms with Crippen LogP contribution < -0.4 is 0 Å². The number of nitrogens with zero attached hydrogens (tertiary/aromatic N) is 5. The van der Waals surface area contributed by atoms with Crippen LogP contribution in [-0.2, 0) is 22.8 Å². The fraction of sp³-hybridized carbons (Fsp3) is 0.385. The Kier molecular flexibility index (Phi) is 5.98. The number of aryl methyl sites for hydroxylation is 2. The highest BCUT2D eigenvalue weighted by molar-refractivity contribution is 7.16. The Morgan fingerprint density at radius 2 is 1.97 bits per heavy atom. The lowest BCUT2D eigenvalue weighted by molar-refractivity contribution is -0.182. The Balaban J connectivity index is 1.23. The zero-order valence-electron chi connectivity index (χ0n) is 20.3. The van der Waals surface area contributed by atoms with E-state index < -0.39 is 18.1 Å². The zero-order valence-corrected chi connectivity index (χ0v) is 21.9. The largest absolute Gasteiger partial charge is 0.363 e. The molecule has 37 heavy (non-hydrogen) atoms. The SMILES string of the molecule is Cc1nn(-c2c(F)cccc2-n2ccnc2C)cc1CN1CCC2(CC1)OCC(F)(F)c1cc(Cl)sc12. The maximum absolute atomic E-state index is 15.1. The Hall–Kier alpha value is -2.66. The number of rotatable bonds is 4. The molecule has 6 nitrogen and oxygen atoms in total. The van der Waals surface area contributed by atoms with Gasteiger partial charge in [-0.1, -0.05) is 17.7 Å². The van der Waals surface area contributed by atoms with Crippen LogP contribution in [0.25, 0.3) is 11.4 Å². The molecule has 0 N–H and O–H groups in total. The van der Waals surface area contributed by atoms with Crippen LogP contribution in [0.15, 0.2) is 42.9 Å². The molecule has 2 aliphatic rings. The lowest BCUT2D eigenvalue weighted by atomic mass is 9.84. The summed E-state index contributed by atoms with van der Waals surface area (Å²) in [7, 11) is 0. The number of piperidine rings is 1. The Bertz CT molecular complexity index is 1470. The summed E-state index contributed by atoms with van der Waals surface area (Å²) in [4.78, 5) is 7.07. The minimum atomic E-state index is -3.02. The summed E-state index contributed by atoms with van der Waals surface area (Å²) in [6.45, 7) is 5.10. The first-order valence-electron chi connectivity index (χ1n) is 12.1. The molecule has 3 aromatic heterocycles. The fourth-order valence-electron chi connectivity index (χ4n) is 5.35. The Morgan fingerprint density at radius 3 is 2.70 bits per heavy atom. The molecule has 0 saturated carbocycles. The zero-order chi connectivity index (χ0) is 25.9. The van der Waals surface area contributed by atoms with Crippen molar-refractivity contribution in [2.45, 2.75) is 44.8 Å². The first kappa shape index (κ1) is 24.7. The number of aromatic nitrogens is 4. The van der Waals surface area contributed by atoms with Crippen LogP contribution in [0.4, 0.5) is 13.2 Å². The number of hydrogen-bond donors (Lipinski definition) is 0. The molecule has 0 radical (unpaired) electrons. The van der Waals surface area contributed by atoms with Crippen molar-refractivity contribution < 1.29 is 17.9 Å². The van der Waals surface area contributed by atoms with Gasteiger partial charge in [-0.05, 0) is 44.9 Å². The minimum Gasteiger partial charge on any atom is -0.363 e. The maximum atomic E-state index is 15.1. The highest BCUT2D eigenvalue weighted by atomic mass is 35.5. The molecular weight excluding hydrogens is 523 g/mol. The lowest BCUT2D eigenvalue weighted by Gasteiger charge is -2.45. The number of fused-ring (bicyclic) bond motifs is 2. The summed E-state index contributed by atoms with van der Waals surface area (Å²) < 4.78 is 53.5. The van der Waals surface area contributed by atoms with Gasteiger partial charge in [0.1, 0.15) is 23.7 Å². The van der Waals surface area contributed by atoms with E-state index in [1.54, 1.807) is 23.1 Å². The number of halogens is 4. The molecular formula is C26H25ClF3N5OS. The molecule has 1 spiro atoms. The van der Waals surface area contributed by atoms with E-state index in [0.717, 1.165) is 17.1 Å². The van der Waals surface area contributed by atoms with Gasteiger partial charge in [-0.15, -0.1) is 11.3 Å². The van der Waals surface area contributed by atoms with Crippen LogP contribution in [0.2, 0.25) is 4.34 Å². The van der Waals surface area contributed by atoms with Gasteiger partial charge in [-0.25, -0.2) is 14.1 Å². The van der Waals surface area contributed by atoms with Crippen molar-refractivity contribution in [1.82, 2.24) is 24.2 Å². The van der Waals surface area contributed by atoms with Gasteiger partial charge in [0.05, 0.1) is 15.7 Å². The van der Waals surface area contributed by atoms with Crippen molar-refractivity contribution in [2.75, 3.05) is 19.7 Å². The second-order valence-electron chi connectivity index (χ2n) is 9.69. The van der Waals surface area contributed by atoms with E-state index in [-0.39, 0.29) is 11.4 Å². The first-order valence-corrected chi connectivity index (χ1v) is 13.3. The average molecular weight is 548 g/mol. The van der Waals surface area contributed by atoms with Crippen molar-refractivity contribution in [3.05, 3.63) is 80.5 Å². The van der Waals surface area contributed by atoms with Crippen LogP contribution in [0.5, 0.6) is 0 Å². The van der Waals surface area contributed by atoms with Crippen molar-refractivity contribution in [3.8, 4) is 11.4 Å². The molecule has 0 amide bonds. The molecule has 6 rings (SSSR count). The third kappa shape index (κ3) is 4.20. The molecule has 4 aromatic rings. The number of imidazole rings is 1. The van der Waals surface area contributed by atoms with Gasteiger partial charge < -0.3 is 9.30 Å². The quantitative estimate of drug-likeness (QED) is 0.308. The lowest BCUT2D eigenvalue weighted by Crippen LogP contribution is -2.48. The van der Waals surface area contributed by atoms with E-state index in [1.165, 1.54) is 23.5 Å². The normalized spacial score (nSPS) is 18.9. The molecule has 5 heterocycles. The van der Waals surface area contributed by atoms with Crippen LogP contribution in [-0.4, -0.2) is 43.9 Å². The van der Waals surface area contributed by atoms with E-state index in [0.29, 0.717) is 53.1 Å². The van der Waals surface area contributed by atoms with Crippen molar-refractivity contribution in [3.63, 3.8) is 0 Å². The molecule has 1 saturated heterocycles. The highest BCUT2D eigenvalue weighted by Crippen LogP contribution is 2.52. The van der Waals surface area contributed by atoms with Crippen molar-refractivity contribution in [2.24, 2.45) is 0 Å². The van der Waals surface area contributed by atoms with Crippen LogP contribution in [0, 0.1) is 19.7 Å². The fourth-order valence-corrected chi connectivity index (χ4v) is 6.83. The molecule has 194 valence electrons. The van der Waals surface area contributed by atoms with Gasteiger partial charge in [0.25, 0.3) is 5.92 Å². The van der Waals surface area contributed by atoms with Gasteiger partial charge in [0, 0.05) is 54.2 Å². The molecule has 0 atom stereocenters. The van der Waals surface area contributed by atoms with E-state index >= 15 is 4.39 Å². The molecule has 0 unspecified atom stereocenters. The van der Waals surface area contributed by atoms with Gasteiger partial charge in [0.15, 0.2) is 5.82 Å². The van der Waals surface area contributed by atoms with Gasteiger partial charge in [0.2, 0.25) is 0 Å². The van der Waals surface area contributed by atoms with Gasteiger partial charge in [-0.2, -0.15) is 13.9 Å².